The summed E-state index contributed by atoms with van der Waals surface area (Å²) in [5.74, 6) is 0.194. The van der Waals surface area contributed by atoms with Crippen LogP contribution in [0.25, 0.3) is 0 Å². The van der Waals surface area contributed by atoms with Gasteiger partial charge >= 0.3 is 15.3 Å². The monoisotopic (exact) mass is 273 g/mol. The molecule has 1 heterocycles. The lowest BCUT2D eigenvalue weighted by Gasteiger charge is -2.06. The van der Waals surface area contributed by atoms with Crippen LogP contribution in [-0.2, 0) is 10.1 Å². The van der Waals surface area contributed by atoms with E-state index in [1.54, 1.807) is 13.0 Å². The molecule has 0 saturated heterocycles. The van der Waals surface area contributed by atoms with Gasteiger partial charge in [0.05, 0.1) is 0 Å². The smallest absolute Gasteiger partial charge is 0.376 e. The Bertz CT molecular complexity index is 625. The Labute approximate surface area is 103 Å². The van der Waals surface area contributed by atoms with Gasteiger partial charge in [0.2, 0.25) is 0 Å². The first-order chi connectivity index (χ1) is 7.99. The van der Waals surface area contributed by atoms with Crippen molar-refractivity contribution in [3.63, 3.8) is 0 Å². The molecule has 0 fully saturated rings. The summed E-state index contributed by atoms with van der Waals surface area (Å²) < 4.78 is 28.3. The first-order valence-electron chi connectivity index (χ1n) is 4.55. The van der Waals surface area contributed by atoms with Gasteiger partial charge in [0.15, 0.2) is 0 Å². The molecule has 2 rings (SSSR count). The molecule has 17 heavy (non-hydrogen) atoms. The number of halogens is 1. The molecular formula is C9H8ClN3O3S. The summed E-state index contributed by atoms with van der Waals surface area (Å²) in [6.45, 7) is 1.69. The number of nitrogens with one attached hydrogen (secondary N) is 1. The van der Waals surface area contributed by atoms with Crippen LogP contribution < -0.4 is 4.18 Å². The Morgan fingerprint density at radius 3 is 2.76 bits per heavy atom. The van der Waals surface area contributed by atoms with E-state index in [2.05, 4.69) is 15.2 Å². The third-order valence-corrected chi connectivity index (χ3v) is 3.23. The van der Waals surface area contributed by atoms with Crippen molar-refractivity contribution in [1.29, 1.82) is 0 Å². The molecule has 1 N–H and O–H groups in total. The molecule has 90 valence electrons. The van der Waals surface area contributed by atoms with Crippen LogP contribution in [0.15, 0.2) is 29.7 Å². The molecule has 0 amide bonds. The van der Waals surface area contributed by atoms with Crippen molar-refractivity contribution >= 4 is 21.7 Å². The Balaban J connectivity index is 2.33. The van der Waals surface area contributed by atoms with Gasteiger partial charge in [-0.25, -0.2) is 4.98 Å². The molecule has 0 aliphatic heterocycles. The first kappa shape index (κ1) is 11.9. The van der Waals surface area contributed by atoms with Crippen LogP contribution in [0.5, 0.6) is 5.75 Å². The maximum Gasteiger partial charge on any atom is 0.377 e. The largest absolute Gasteiger partial charge is 0.377 e. The first-order valence-corrected chi connectivity index (χ1v) is 6.34. The SMILES string of the molecule is Cc1cc(Cl)ccc1OS(=O)(=O)c1nc[nH]n1. The van der Waals surface area contributed by atoms with Crippen LogP contribution in [0.2, 0.25) is 5.02 Å². The fourth-order valence-electron chi connectivity index (χ4n) is 1.18. The normalized spacial score (nSPS) is 11.4. The number of H-pyrrole nitrogens is 1. The highest BCUT2D eigenvalue weighted by Gasteiger charge is 2.21. The molecule has 6 nitrogen and oxygen atoms in total. The van der Waals surface area contributed by atoms with E-state index in [1.807, 2.05) is 0 Å². The Morgan fingerprint density at radius 1 is 1.41 bits per heavy atom. The van der Waals surface area contributed by atoms with Gasteiger partial charge in [-0.2, -0.15) is 8.42 Å². The number of aromatic nitrogens is 3. The van der Waals surface area contributed by atoms with Crippen molar-refractivity contribution < 1.29 is 12.6 Å². The van der Waals surface area contributed by atoms with E-state index < -0.39 is 15.3 Å². The summed E-state index contributed by atoms with van der Waals surface area (Å²) in [6, 6.07) is 4.61. The molecule has 1 aromatic carbocycles. The summed E-state index contributed by atoms with van der Waals surface area (Å²) in [5, 5.41) is 5.85. The van der Waals surface area contributed by atoms with E-state index in [0.29, 0.717) is 10.6 Å². The molecule has 0 atom stereocenters. The summed E-state index contributed by atoms with van der Waals surface area (Å²) in [7, 11) is -4.00. The molecular weight excluding hydrogens is 266 g/mol. The maximum absolute atomic E-state index is 11.7. The fraction of sp³-hybridized carbons (Fsp3) is 0.111. The zero-order chi connectivity index (χ0) is 12.5. The molecule has 2 aromatic rings. The number of benzene rings is 1. The highest BCUT2D eigenvalue weighted by molar-refractivity contribution is 7.86. The van der Waals surface area contributed by atoms with Crippen molar-refractivity contribution in [2.45, 2.75) is 12.1 Å². The molecule has 8 heteroatoms. The fourth-order valence-corrected chi connectivity index (χ4v) is 2.25. The quantitative estimate of drug-likeness (QED) is 0.857. The predicted molar refractivity (Wildman–Crippen MR) is 60.4 cm³/mol. The maximum atomic E-state index is 11.7. The topological polar surface area (TPSA) is 84.9 Å². The molecule has 0 bridgehead atoms. The number of hydrogen-bond donors (Lipinski definition) is 1. The molecule has 0 unspecified atom stereocenters. The summed E-state index contributed by atoms with van der Waals surface area (Å²) in [6.07, 6.45) is 1.16. The Hall–Kier alpha value is -1.60. The van der Waals surface area contributed by atoms with Crippen molar-refractivity contribution in [1.82, 2.24) is 15.2 Å². The standard InChI is InChI=1S/C9H8ClN3O3S/c1-6-4-7(10)2-3-8(6)16-17(14,15)9-11-5-12-13-9/h2-5H,1H3,(H,11,12,13). The van der Waals surface area contributed by atoms with Gasteiger partial charge in [-0.05, 0) is 30.7 Å². The lowest BCUT2D eigenvalue weighted by atomic mass is 10.2. The van der Waals surface area contributed by atoms with Gasteiger partial charge in [0.1, 0.15) is 12.1 Å². The van der Waals surface area contributed by atoms with Crippen LogP contribution in [-0.4, -0.2) is 23.6 Å². The molecule has 0 aliphatic rings. The van der Waals surface area contributed by atoms with Crippen molar-refractivity contribution in [2.24, 2.45) is 0 Å². The van der Waals surface area contributed by atoms with Crippen LogP contribution >= 0.6 is 11.6 Å². The number of aryl methyl sites for hydroxylation is 1. The molecule has 0 aliphatic carbocycles. The number of nitrogens with zero attached hydrogens (tertiary/aromatic N) is 2. The van der Waals surface area contributed by atoms with Gasteiger partial charge in [-0.1, -0.05) is 11.6 Å². The second-order valence-corrected chi connectivity index (χ2v) is 5.11. The molecule has 1 aromatic heterocycles. The van der Waals surface area contributed by atoms with Crippen LogP contribution in [0.3, 0.4) is 0 Å². The summed E-state index contributed by atoms with van der Waals surface area (Å²) in [4.78, 5) is 3.53. The van der Waals surface area contributed by atoms with E-state index in [-0.39, 0.29) is 5.75 Å². The van der Waals surface area contributed by atoms with Gasteiger partial charge in [-0.3, -0.25) is 5.10 Å². The summed E-state index contributed by atoms with van der Waals surface area (Å²) >= 11 is 5.75. The van der Waals surface area contributed by atoms with Gasteiger partial charge < -0.3 is 4.18 Å². The van der Waals surface area contributed by atoms with Gasteiger partial charge in [0, 0.05) is 5.02 Å². The lowest BCUT2D eigenvalue weighted by molar-refractivity contribution is 0.476. The van der Waals surface area contributed by atoms with E-state index >= 15 is 0 Å². The predicted octanol–water partition coefficient (Wildman–Crippen LogP) is 1.53. The third kappa shape index (κ3) is 2.56. The highest BCUT2D eigenvalue weighted by atomic mass is 35.5. The molecule has 0 saturated carbocycles. The van der Waals surface area contributed by atoms with Crippen molar-refractivity contribution in [2.75, 3.05) is 0 Å². The van der Waals surface area contributed by atoms with Gasteiger partial charge in [-0.15, -0.1) is 5.10 Å². The average molecular weight is 274 g/mol. The van der Waals surface area contributed by atoms with E-state index in [1.165, 1.54) is 12.1 Å². The lowest BCUT2D eigenvalue weighted by Crippen LogP contribution is -2.12. The minimum absolute atomic E-state index is 0.194. The van der Waals surface area contributed by atoms with Crippen molar-refractivity contribution in [3.05, 3.63) is 35.1 Å². The van der Waals surface area contributed by atoms with Crippen LogP contribution in [0, 0.1) is 6.92 Å². The van der Waals surface area contributed by atoms with E-state index in [4.69, 9.17) is 15.8 Å². The van der Waals surface area contributed by atoms with Crippen LogP contribution in [0.4, 0.5) is 0 Å². The minimum Gasteiger partial charge on any atom is -0.376 e. The van der Waals surface area contributed by atoms with E-state index in [9.17, 15) is 8.42 Å². The third-order valence-electron chi connectivity index (χ3n) is 1.95. The zero-order valence-electron chi connectivity index (χ0n) is 8.71. The highest BCUT2D eigenvalue weighted by Crippen LogP contribution is 2.24. The number of hydrogen-bond acceptors (Lipinski definition) is 5. The Kier molecular flexibility index (Phi) is 3.03. The van der Waals surface area contributed by atoms with Crippen LogP contribution in [0.1, 0.15) is 5.56 Å². The average Bonchev–Trinajstić information content (AvgIpc) is 2.76. The Morgan fingerprint density at radius 2 is 2.18 bits per heavy atom. The van der Waals surface area contributed by atoms with Gasteiger partial charge in [0.25, 0.3) is 0 Å². The number of rotatable bonds is 3. The summed E-state index contributed by atoms with van der Waals surface area (Å²) in [5.41, 5.74) is 0.608. The second-order valence-electron chi connectivity index (χ2n) is 3.23. The number of aromatic amines is 1. The van der Waals surface area contributed by atoms with E-state index in [0.717, 1.165) is 6.33 Å². The second kappa shape index (κ2) is 4.34. The molecule has 0 radical (unpaired) electrons. The molecule has 0 spiro atoms. The van der Waals surface area contributed by atoms with Crippen molar-refractivity contribution in [3.8, 4) is 5.75 Å². The zero-order valence-corrected chi connectivity index (χ0v) is 10.3. The minimum atomic E-state index is -4.00.